The Kier molecular flexibility index (Phi) is 4.65. The second-order valence-corrected chi connectivity index (χ2v) is 8.96. The number of rotatable bonds is 4. The van der Waals surface area contributed by atoms with Gasteiger partial charge in [-0.05, 0) is 24.6 Å². The van der Waals surface area contributed by atoms with Gasteiger partial charge < -0.3 is 0 Å². The minimum atomic E-state index is -3.95. The zero-order chi connectivity index (χ0) is 20.8. The highest BCUT2D eigenvalue weighted by atomic mass is 32.2. The number of H-pyrrole nitrogens is 1. The maximum Gasteiger partial charge on any atom is 0.273 e. The van der Waals surface area contributed by atoms with Gasteiger partial charge in [0.2, 0.25) is 15.8 Å². The van der Waals surface area contributed by atoms with E-state index >= 15 is 0 Å². The number of thiophene rings is 1. The molecule has 3 N–H and O–H groups in total. The van der Waals surface area contributed by atoms with Gasteiger partial charge in [0.1, 0.15) is 5.69 Å². The molecule has 0 bridgehead atoms. The Labute approximate surface area is 169 Å². The van der Waals surface area contributed by atoms with Crippen molar-refractivity contribution < 1.29 is 13.2 Å². The van der Waals surface area contributed by atoms with E-state index in [0.717, 1.165) is 11.1 Å². The number of carbonyl (C=O) groups excluding carboxylic acids is 1. The van der Waals surface area contributed by atoms with Crippen LogP contribution in [0.15, 0.2) is 63.6 Å². The molecule has 2 heterocycles. The minimum absolute atomic E-state index is 0.0505. The molecule has 0 atom stereocenters. The van der Waals surface area contributed by atoms with Crippen molar-refractivity contribution in [3.63, 3.8) is 0 Å². The standard InChI is InChI=1S/C20H15N3O4S2/c1-11-5-7-12(8-6-11)15-10-28-19-16(15)20(25)23-22-17(19)18(24)13-3-2-4-14(9-13)29(21,26)27/h2-10H,1H3,(H,23,25)(H2,21,26,27). The number of fused-ring (bicyclic) bond motifs is 1. The molecule has 9 heteroatoms. The number of sulfonamides is 1. The number of primary sulfonamides is 1. The fraction of sp³-hybridized carbons (Fsp3) is 0.0500. The monoisotopic (exact) mass is 425 g/mol. The van der Waals surface area contributed by atoms with E-state index in [-0.39, 0.29) is 16.2 Å². The van der Waals surface area contributed by atoms with Crippen LogP contribution in [-0.2, 0) is 10.0 Å². The third-order valence-electron chi connectivity index (χ3n) is 4.50. The van der Waals surface area contributed by atoms with Crippen molar-refractivity contribution in [2.75, 3.05) is 0 Å². The van der Waals surface area contributed by atoms with Gasteiger partial charge in [0, 0.05) is 16.5 Å². The molecule has 0 aliphatic rings. The van der Waals surface area contributed by atoms with Gasteiger partial charge in [-0.2, -0.15) is 5.10 Å². The van der Waals surface area contributed by atoms with Crippen LogP contribution >= 0.6 is 11.3 Å². The first-order valence-corrected chi connectivity index (χ1v) is 10.9. The van der Waals surface area contributed by atoms with Crippen LogP contribution in [0.25, 0.3) is 21.2 Å². The molecule has 4 rings (SSSR count). The van der Waals surface area contributed by atoms with Crippen molar-refractivity contribution in [1.82, 2.24) is 10.2 Å². The SMILES string of the molecule is Cc1ccc(-c2csc3c(C(=O)c4cccc(S(N)(=O)=O)c4)n[nH]c(=O)c23)cc1. The number of carbonyl (C=O) groups is 1. The highest BCUT2D eigenvalue weighted by molar-refractivity contribution is 7.89. The van der Waals surface area contributed by atoms with Crippen molar-refractivity contribution in [2.24, 2.45) is 5.14 Å². The molecule has 2 aromatic heterocycles. The molecule has 0 fully saturated rings. The van der Waals surface area contributed by atoms with Crippen LogP contribution in [0.1, 0.15) is 21.6 Å². The highest BCUT2D eigenvalue weighted by Crippen LogP contribution is 2.33. The Morgan fingerprint density at radius 3 is 2.55 bits per heavy atom. The summed E-state index contributed by atoms with van der Waals surface area (Å²) in [7, 11) is -3.95. The van der Waals surface area contributed by atoms with Crippen molar-refractivity contribution in [1.29, 1.82) is 0 Å². The Bertz CT molecular complexity index is 1420. The zero-order valence-corrected chi connectivity index (χ0v) is 16.8. The summed E-state index contributed by atoms with van der Waals surface area (Å²) in [6.07, 6.45) is 0. The van der Waals surface area contributed by atoms with Gasteiger partial charge in [0.15, 0.2) is 0 Å². The third-order valence-corrected chi connectivity index (χ3v) is 6.40. The fourth-order valence-corrected chi connectivity index (χ4v) is 4.64. The molecule has 4 aromatic rings. The predicted molar refractivity (Wildman–Crippen MR) is 112 cm³/mol. The van der Waals surface area contributed by atoms with Crippen LogP contribution < -0.4 is 10.7 Å². The lowest BCUT2D eigenvalue weighted by Crippen LogP contribution is -2.16. The van der Waals surface area contributed by atoms with Gasteiger partial charge in [-0.25, -0.2) is 18.7 Å². The summed E-state index contributed by atoms with van der Waals surface area (Å²) in [4.78, 5) is 25.3. The number of aryl methyl sites for hydroxylation is 1. The van der Waals surface area contributed by atoms with E-state index in [1.807, 2.05) is 36.6 Å². The molecule has 0 spiro atoms. The first-order chi connectivity index (χ1) is 13.8. The average Bonchev–Trinajstić information content (AvgIpc) is 3.14. The van der Waals surface area contributed by atoms with Gasteiger partial charge in [-0.3, -0.25) is 9.59 Å². The fourth-order valence-electron chi connectivity index (χ4n) is 3.02. The van der Waals surface area contributed by atoms with E-state index in [0.29, 0.717) is 15.6 Å². The summed E-state index contributed by atoms with van der Waals surface area (Å²) in [5.74, 6) is -0.506. The summed E-state index contributed by atoms with van der Waals surface area (Å²) < 4.78 is 23.6. The van der Waals surface area contributed by atoms with Gasteiger partial charge >= 0.3 is 0 Å². The molecule has 29 heavy (non-hydrogen) atoms. The Balaban J connectivity index is 1.88. The average molecular weight is 425 g/mol. The van der Waals surface area contributed by atoms with E-state index in [1.165, 1.54) is 35.6 Å². The minimum Gasteiger partial charge on any atom is -0.287 e. The molecule has 0 aliphatic carbocycles. The maximum absolute atomic E-state index is 13.0. The molecule has 146 valence electrons. The smallest absolute Gasteiger partial charge is 0.273 e. The van der Waals surface area contributed by atoms with Crippen LogP contribution in [0.5, 0.6) is 0 Å². The van der Waals surface area contributed by atoms with Crippen molar-refractivity contribution in [2.45, 2.75) is 11.8 Å². The Morgan fingerprint density at radius 1 is 1.14 bits per heavy atom. The normalized spacial score (nSPS) is 11.7. The second kappa shape index (κ2) is 7.03. The number of nitrogens with zero attached hydrogens (tertiary/aromatic N) is 1. The van der Waals surface area contributed by atoms with Gasteiger partial charge in [-0.15, -0.1) is 11.3 Å². The Hall–Kier alpha value is -3.14. The molecule has 0 radical (unpaired) electrons. The van der Waals surface area contributed by atoms with Crippen molar-refractivity contribution >= 4 is 37.2 Å². The lowest BCUT2D eigenvalue weighted by atomic mass is 10.0. The molecule has 0 saturated carbocycles. The van der Waals surface area contributed by atoms with E-state index in [1.54, 1.807) is 0 Å². The van der Waals surface area contributed by atoms with Gasteiger partial charge in [0.05, 0.1) is 15.0 Å². The van der Waals surface area contributed by atoms with Gasteiger partial charge in [0.25, 0.3) is 5.56 Å². The number of aromatic nitrogens is 2. The quantitative estimate of drug-likeness (QED) is 0.487. The molecule has 0 aliphatic heterocycles. The molecule has 0 unspecified atom stereocenters. The zero-order valence-electron chi connectivity index (χ0n) is 15.2. The lowest BCUT2D eigenvalue weighted by molar-refractivity contribution is 0.103. The van der Waals surface area contributed by atoms with Crippen LogP contribution in [0.2, 0.25) is 0 Å². The number of nitrogens with one attached hydrogen (secondary N) is 1. The van der Waals surface area contributed by atoms with Crippen LogP contribution in [0, 0.1) is 6.92 Å². The number of aromatic amines is 1. The molecule has 0 saturated heterocycles. The number of ketones is 1. The van der Waals surface area contributed by atoms with Gasteiger partial charge in [-0.1, -0.05) is 42.0 Å². The van der Waals surface area contributed by atoms with E-state index in [4.69, 9.17) is 5.14 Å². The van der Waals surface area contributed by atoms with E-state index in [9.17, 15) is 18.0 Å². The number of hydrogen-bond donors (Lipinski definition) is 2. The first-order valence-electron chi connectivity index (χ1n) is 8.50. The summed E-state index contributed by atoms with van der Waals surface area (Å²) >= 11 is 1.24. The molecular weight excluding hydrogens is 410 g/mol. The Morgan fingerprint density at radius 2 is 1.86 bits per heavy atom. The van der Waals surface area contributed by atoms with Crippen LogP contribution in [0.3, 0.4) is 0 Å². The largest absolute Gasteiger partial charge is 0.287 e. The first kappa shape index (κ1) is 19.2. The molecular formula is C20H15N3O4S2. The predicted octanol–water partition coefficient (Wildman–Crippen LogP) is 2.84. The van der Waals surface area contributed by atoms with Crippen molar-refractivity contribution in [3.8, 4) is 11.1 Å². The number of hydrogen-bond acceptors (Lipinski definition) is 6. The summed E-state index contributed by atoms with van der Waals surface area (Å²) in [6, 6.07) is 13.1. The summed E-state index contributed by atoms with van der Waals surface area (Å²) in [5, 5.41) is 13.7. The number of benzene rings is 2. The molecule has 2 aromatic carbocycles. The summed E-state index contributed by atoms with van der Waals surface area (Å²) in [6.45, 7) is 1.97. The highest BCUT2D eigenvalue weighted by Gasteiger charge is 2.21. The maximum atomic E-state index is 13.0. The van der Waals surface area contributed by atoms with Crippen LogP contribution in [0.4, 0.5) is 0 Å². The molecule has 0 amide bonds. The summed E-state index contributed by atoms with van der Waals surface area (Å²) in [5.41, 5.74) is 2.42. The van der Waals surface area contributed by atoms with E-state index in [2.05, 4.69) is 10.2 Å². The molecule has 7 nitrogen and oxygen atoms in total. The lowest BCUT2D eigenvalue weighted by Gasteiger charge is -2.05. The third kappa shape index (κ3) is 3.51. The topological polar surface area (TPSA) is 123 Å². The van der Waals surface area contributed by atoms with Crippen LogP contribution in [-0.4, -0.2) is 24.4 Å². The van der Waals surface area contributed by atoms with Crippen molar-refractivity contribution in [3.05, 3.63) is 81.1 Å². The number of nitrogens with two attached hydrogens (primary N) is 1. The van der Waals surface area contributed by atoms with E-state index < -0.39 is 21.4 Å². The second-order valence-electron chi connectivity index (χ2n) is 6.52.